The molecule has 0 radical (unpaired) electrons. The fraction of sp³-hybridized carbons (Fsp3) is 0.500. The fourth-order valence-electron chi connectivity index (χ4n) is 0.252. The van der Waals surface area contributed by atoms with Crippen LogP contribution in [0.15, 0.2) is 9.41 Å². The quantitative estimate of drug-likeness (QED) is 0.661. The van der Waals surface area contributed by atoms with Crippen molar-refractivity contribution in [2.24, 2.45) is 0 Å². The summed E-state index contributed by atoms with van der Waals surface area (Å²) in [6.07, 6.45) is 0. The van der Waals surface area contributed by atoms with E-state index in [4.69, 9.17) is 17.2 Å². The molecule has 0 rings (SSSR count). The van der Waals surface area contributed by atoms with Crippen LogP contribution in [0.2, 0.25) is 0 Å². The molecule has 0 aliphatic carbocycles. The standard InChI is InChI=1S/C4H7.2ClH.In/c1-4(2)3;;;/h1H,2-3H3;2*1H;/q;;;+2/p-2. The van der Waals surface area contributed by atoms with E-state index in [0.717, 1.165) is 0 Å². The summed E-state index contributed by atoms with van der Waals surface area (Å²) < 4.78 is 1.99. The van der Waals surface area contributed by atoms with Crippen molar-refractivity contribution in [1.82, 2.24) is 0 Å². The van der Waals surface area contributed by atoms with Crippen molar-refractivity contribution in [3.05, 3.63) is 9.41 Å². The molecule has 0 unspecified atom stereocenters. The normalized spacial score (nSPS) is 8.00. The van der Waals surface area contributed by atoms with Gasteiger partial charge in [0.15, 0.2) is 0 Å². The first-order valence-electron chi connectivity index (χ1n) is 2.06. The molecule has 0 aliphatic heterocycles. The van der Waals surface area contributed by atoms with E-state index in [0.29, 0.717) is 0 Å². The first-order chi connectivity index (χ1) is 3.13. The Morgan fingerprint density at radius 2 is 1.86 bits per heavy atom. The van der Waals surface area contributed by atoms with Crippen molar-refractivity contribution in [3.8, 4) is 0 Å². The minimum atomic E-state index is -2.01. The summed E-state index contributed by atoms with van der Waals surface area (Å²) >= 11 is -2.01. The van der Waals surface area contributed by atoms with Gasteiger partial charge in [-0.2, -0.15) is 0 Å². The van der Waals surface area contributed by atoms with E-state index in [1.54, 1.807) is 0 Å². The van der Waals surface area contributed by atoms with Crippen molar-refractivity contribution in [1.29, 1.82) is 0 Å². The van der Waals surface area contributed by atoms with Crippen molar-refractivity contribution in [2.75, 3.05) is 0 Å². The van der Waals surface area contributed by atoms with Crippen LogP contribution in [-0.4, -0.2) is 19.1 Å². The number of hydrogen-bond acceptors (Lipinski definition) is 0. The Balaban J connectivity index is 3.45. The van der Waals surface area contributed by atoms with Crippen LogP contribution in [0.3, 0.4) is 0 Å². The Labute approximate surface area is 59.2 Å². The summed E-state index contributed by atoms with van der Waals surface area (Å²) in [4.78, 5) is 0. The molecule has 0 aromatic heterocycles. The second kappa shape index (κ2) is 4.11. The molecule has 0 nitrogen and oxygen atoms in total. The Morgan fingerprint density at radius 1 is 1.43 bits per heavy atom. The van der Waals surface area contributed by atoms with E-state index in [9.17, 15) is 0 Å². The molecule has 0 aromatic rings. The molecule has 0 spiro atoms. The second-order valence-corrected chi connectivity index (χ2v) is 12.2. The van der Waals surface area contributed by atoms with Gasteiger partial charge in [0.05, 0.1) is 0 Å². The molecule has 0 amide bonds. The molecular formula is C4H7Cl2In. The van der Waals surface area contributed by atoms with E-state index in [2.05, 4.69) is 0 Å². The van der Waals surface area contributed by atoms with Crippen LogP contribution in [0.25, 0.3) is 0 Å². The number of rotatable bonds is 1. The average Bonchev–Trinajstić information content (AvgIpc) is 1.27. The Bertz CT molecular complexity index is 73.8. The van der Waals surface area contributed by atoms with Crippen molar-refractivity contribution >= 4 is 36.2 Å². The zero-order chi connectivity index (χ0) is 5.86. The van der Waals surface area contributed by atoms with Crippen molar-refractivity contribution in [2.45, 2.75) is 13.8 Å². The Kier molecular flexibility index (Phi) is 4.81. The molecule has 0 saturated carbocycles. The molecule has 40 valence electrons. The van der Waals surface area contributed by atoms with Crippen LogP contribution in [0.4, 0.5) is 0 Å². The van der Waals surface area contributed by atoms with Gasteiger partial charge in [-0.3, -0.25) is 0 Å². The third-order valence-corrected chi connectivity index (χ3v) is 4.77. The maximum atomic E-state index is 5.57. The van der Waals surface area contributed by atoms with E-state index in [1.165, 1.54) is 5.57 Å². The van der Waals surface area contributed by atoms with E-state index in [-0.39, 0.29) is 0 Å². The zero-order valence-corrected chi connectivity index (χ0v) is 9.22. The molecule has 0 fully saturated rings. The summed E-state index contributed by atoms with van der Waals surface area (Å²) in [5.41, 5.74) is 1.24. The molecule has 3 heteroatoms. The van der Waals surface area contributed by atoms with Crippen LogP contribution in [0, 0.1) is 0 Å². The van der Waals surface area contributed by atoms with Gasteiger partial charge in [0.25, 0.3) is 0 Å². The predicted molar refractivity (Wildman–Crippen MR) is 36.9 cm³/mol. The van der Waals surface area contributed by atoms with Crippen molar-refractivity contribution < 1.29 is 0 Å². The maximum absolute atomic E-state index is 5.57. The Hall–Kier alpha value is 1.19. The third kappa shape index (κ3) is 7.19. The molecule has 0 saturated heterocycles. The molecule has 0 aromatic carbocycles. The Morgan fingerprint density at radius 3 is 1.86 bits per heavy atom. The van der Waals surface area contributed by atoms with Crippen molar-refractivity contribution in [3.63, 3.8) is 0 Å². The number of halogens is 2. The van der Waals surface area contributed by atoms with Crippen LogP contribution >= 0.6 is 17.2 Å². The molecule has 0 atom stereocenters. The first-order valence-corrected chi connectivity index (χ1v) is 12.3. The minimum absolute atomic E-state index is 1.24. The summed E-state index contributed by atoms with van der Waals surface area (Å²) in [7, 11) is 11.1. The molecule has 0 bridgehead atoms. The predicted octanol–water partition coefficient (Wildman–Crippen LogP) is 2.46. The van der Waals surface area contributed by atoms with E-state index < -0.39 is 19.1 Å². The van der Waals surface area contributed by atoms with E-state index in [1.807, 2.05) is 17.7 Å². The fourth-order valence-corrected chi connectivity index (χ4v) is 5.07. The van der Waals surface area contributed by atoms with Crippen LogP contribution in [0.1, 0.15) is 13.8 Å². The molecule has 0 aliphatic rings. The van der Waals surface area contributed by atoms with E-state index >= 15 is 0 Å². The van der Waals surface area contributed by atoms with Gasteiger partial charge in [0.2, 0.25) is 0 Å². The van der Waals surface area contributed by atoms with Gasteiger partial charge in [-0.05, 0) is 0 Å². The van der Waals surface area contributed by atoms with Gasteiger partial charge in [0, 0.05) is 0 Å². The van der Waals surface area contributed by atoms with Gasteiger partial charge >= 0.3 is 59.5 Å². The van der Waals surface area contributed by atoms with Gasteiger partial charge in [-0.1, -0.05) is 0 Å². The zero-order valence-electron chi connectivity index (χ0n) is 4.41. The topological polar surface area (TPSA) is 0 Å². The summed E-state index contributed by atoms with van der Waals surface area (Å²) in [6.45, 7) is 4.02. The monoisotopic (exact) mass is 240 g/mol. The molecular weight excluding hydrogens is 234 g/mol. The van der Waals surface area contributed by atoms with Crippen LogP contribution in [-0.2, 0) is 0 Å². The number of allylic oxidation sites excluding steroid dienone is 1. The summed E-state index contributed by atoms with van der Waals surface area (Å²) in [5.74, 6) is 0. The van der Waals surface area contributed by atoms with Gasteiger partial charge in [-0.15, -0.1) is 0 Å². The van der Waals surface area contributed by atoms with Gasteiger partial charge in [0.1, 0.15) is 0 Å². The molecule has 7 heavy (non-hydrogen) atoms. The first kappa shape index (κ1) is 8.19. The van der Waals surface area contributed by atoms with Crippen LogP contribution in [0.5, 0.6) is 0 Å². The van der Waals surface area contributed by atoms with Gasteiger partial charge in [-0.25, -0.2) is 0 Å². The molecule has 0 N–H and O–H groups in total. The number of hydrogen-bond donors (Lipinski definition) is 0. The average molecular weight is 241 g/mol. The summed E-state index contributed by atoms with van der Waals surface area (Å²) in [6, 6.07) is 0. The van der Waals surface area contributed by atoms with Gasteiger partial charge < -0.3 is 0 Å². The summed E-state index contributed by atoms with van der Waals surface area (Å²) in [5, 5.41) is 0. The molecule has 0 heterocycles. The van der Waals surface area contributed by atoms with Crippen LogP contribution < -0.4 is 0 Å². The second-order valence-electron chi connectivity index (χ2n) is 1.58. The third-order valence-electron chi connectivity index (χ3n) is 0.459. The SMILES string of the molecule is CC(C)=[CH][In]([Cl])[Cl].